The molecule has 0 aliphatic heterocycles. The largest absolute Gasteiger partial charge is 0.493 e. The van der Waals surface area contributed by atoms with Crippen molar-refractivity contribution in [2.24, 2.45) is 0 Å². The Morgan fingerprint density at radius 1 is 1.03 bits per heavy atom. The molecule has 0 saturated heterocycles. The summed E-state index contributed by atoms with van der Waals surface area (Å²) in [6, 6.07) is 8.25. The van der Waals surface area contributed by atoms with Gasteiger partial charge in [-0.25, -0.2) is 0 Å². The van der Waals surface area contributed by atoms with Crippen LogP contribution in [0.4, 0.5) is 19.0 Å². The third-order valence-electron chi connectivity index (χ3n) is 4.83. The maximum absolute atomic E-state index is 13.1. The average Bonchev–Trinajstić information content (AvgIpc) is 3.21. The minimum absolute atomic E-state index is 0.447. The highest BCUT2D eigenvalue weighted by molar-refractivity contribution is 6.01. The third-order valence-corrected chi connectivity index (χ3v) is 4.83. The Balaban J connectivity index is 1.82. The second kappa shape index (κ2) is 7.36. The summed E-state index contributed by atoms with van der Waals surface area (Å²) in [7, 11) is 3.05. The lowest BCUT2D eigenvalue weighted by Crippen LogP contribution is -2.12. The third kappa shape index (κ3) is 3.44. The summed E-state index contributed by atoms with van der Waals surface area (Å²) < 4.78 is 51.5. The first kappa shape index (κ1) is 19.7. The second-order valence-electron chi connectivity index (χ2n) is 6.69. The van der Waals surface area contributed by atoms with Gasteiger partial charge in [0.1, 0.15) is 6.33 Å². The van der Waals surface area contributed by atoms with Gasteiger partial charge in [0.15, 0.2) is 23.0 Å². The Kier molecular flexibility index (Phi) is 4.84. The van der Waals surface area contributed by atoms with Gasteiger partial charge in [0, 0.05) is 10.8 Å². The lowest BCUT2D eigenvalue weighted by Gasteiger charge is -2.19. The van der Waals surface area contributed by atoms with Gasteiger partial charge in [-0.2, -0.15) is 17.7 Å². The van der Waals surface area contributed by atoms with E-state index in [2.05, 4.69) is 20.6 Å². The molecule has 156 valence electrons. The van der Waals surface area contributed by atoms with Crippen LogP contribution in [0.5, 0.6) is 11.5 Å². The highest BCUT2D eigenvalue weighted by atomic mass is 19.4. The average molecular weight is 417 g/mol. The van der Waals surface area contributed by atoms with Gasteiger partial charge in [-0.1, -0.05) is 12.1 Å². The van der Waals surface area contributed by atoms with Crippen molar-refractivity contribution in [2.75, 3.05) is 19.5 Å². The van der Waals surface area contributed by atoms with Crippen LogP contribution < -0.4 is 14.8 Å². The van der Waals surface area contributed by atoms with Crippen LogP contribution in [0.2, 0.25) is 0 Å². The smallest absolute Gasteiger partial charge is 0.416 e. The van der Waals surface area contributed by atoms with Gasteiger partial charge in [-0.3, -0.25) is 0 Å². The summed E-state index contributed by atoms with van der Waals surface area (Å²) in [5.74, 6) is 1.45. The van der Waals surface area contributed by atoms with E-state index in [1.807, 2.05) is 0 Å². The summed E-state index contributed by atoms with van der Waals surface area (Å²) >= 11 is 0. The van der Waals surface area contributed by atoms with Gasteiger partial charge in [0.2, 0.25) is 0 Å². The number of hydrogen-bond acceptors (Lipinski definition) is 6. The van der Waals surface area contributed by atoms with Crippen molar-refractivity contribution >= 4 is 22.2 Å². The van der Waals surface area contributed by atoms with E-state index in [9.17, 15) is 13.2 Å². The minimum atomic E-state index is -4.41. The van der Waals surface area contributed by atoms with Crippen molar-refractivity contribution in [3.8, 4) is 11.5 Å². The van der Waals surface area contributed by atoms with E-state index in [1.165, 1.54) is 31.1 Å². The van der Waals surface area contributed by atoms with Crippen LogP contribution in [0, 0.1) is 0 Å². The number of nitrogens with zero attached hydrogens (tertiary/aromatic N) is 4. The van der Waals surface area contributed by atoms with Crippen molar-refractivity contribution in [3.63, 3.8) is 0 Å². The van der Waals surface area contributed by atoms with Crippen LogP contribution in [-0.4, -0.2) is 34.0 Å². The minimum Gasteiger partial charge on any atom is -0.493 e. The molecule has 0 aliphatic rings. The SMILES string of the molecule is COc1cc2c(N[C@H](C)c3cccc(C(F)(F)F)c3)nn3cnnc3c2cc1OC. The highest BCUT2D eigenvalue weighted by Crippen LogP contribution is 2.37. The zero-order valence-corrected chi connectivity index (χ0v) is 16.4. The number of alkyl halides is 3. The lowest BCUT2D eigenvalue weighted by atomic mass is 10.0. The van der Waals surface area contributed by atoms with E-state index in [0.717, 1.165) is 12.1 Å². The predicted octanol–water partition coefficient (Wildman–Crippen LogP) is 4.49. The number of nitrogens with one attached hydrogen (secondary N) is 1. The summed E-state index contributed by atoms with van der Waals surface area (Å²) in [6.45, 7) is 1.76. The van der Waals surface area contributed by atoms with E-state index in [1.54, 1.807) is 25.1 Å². The zero-order valence-electron chi connectivity index (χ0n) is 16.4. The number of ether oxygens (including phenoxy) is 2. The molecule has 0 unspecified atom stereocenters. The van der Waals surface area contributed by atoms with Crippen molar-refractivity contribution < 1.29 is 22.6 Å². The summed E-state index contributed by atoms with van der Waals surface area (Å²) in [5, 5.41) is 17.1. The number of halogens is 3. The van der Waals surface area contributed by atoms with E-state index >= 15 is 0 Å². The van der Waals surface area contributed by atoms with Gasteiger partial charge < -0.3 is 14.8 Å². The number of fused-ring (bicyclic) bond motifs is 3. The summed E-state index contributed by atoms with van der Waals surface area (Å²) in [6.07, 6.45) is -2.96. The van der Waals surface area contributed by atoms with E-state index in [0.29, 0.717) is 39.3 Å². The fraction of sp³-hybridized carbons (Fsp3) is 0.250. The molecule has 0 amide bonds. The summed E-state index contributed by atoms with van der Waals surface area (Å²) in [4.78, 5) is 0. The Morgan fingerprint density at radius 3 is 2.40 bits per heavy atom. The molecule has 7 nitrogen and oxygen atoms in total. The van der Waals surface area contributed by atoms with Gasteiger partial charge in [0.05, 0.1) is 25.8 Å². The molecule has 4 rings (SSSR count). The van der Waals surface area contributed by atoms with Gasteiger partial charge in [-0.15, -0.1) is 15.3 Å². The molecule has 0 aliphatic carbocycles. The Hall–Kier alpha value is -3.56. The Labute approximate surface area is 169 Å². The van der Waals surface area contributed by atoms with E-state index in [4.69, 9.17) is 9.47 Å². The number of methoxy groups -OCH3 is 2. The molecule has 0 spiro atoms. The molecule has 2 aromatic carbocycles. The fourth-order valence-corrected chi connectivity index (χ4v) is 3.28. The maximum Gasteiger partial charge on any atom is 0.416 e. The summed E-state index contributed by atoms with van der Waals surface area (Å²) in [5.41, 5.74) is 0.291. The zero-order chi connectivity index (χ0) is 21.5. The molecule has 1 N–H and O–H groups in total. The molecule has 0 radical (unpaired) electrons. The topological polar surface area (TPSA) is 73.6 Å². The second-order valence-corrected chi connectivity index (χ2v) is 6.69. The highest BCUT2D eigenvalue weighted by Gasteiger charge is 2.30. The van der Waals surface area contributed by atoms with Crippen molar-refractivity contribution in [3.05, 3.63) is 53.9 Å². The first-order valence-corrected chi connectivity index (χ1v) is 9.01. The van der Waals surface area contributed by atoms with Crippen LogP contribution in [0.25, 0.3) is 16.4 Å². The first-order chi connectivity index (χ1) is 14.3. The molecular formula is C20H18F3N5O2. The first-order valence-electron chi connectivity index (χ1n) is 9.01. The normalized spacial score (nSPS) is 12.9. The lowest BCUT2D eigenvalue weighted by molar-refractivity contribution is -0.137. The molecule has 0 bridgehead atoms. The Bertz CT molecular complexity index is 1220. The Morgan fingerprint density at radius 2 is 1.73 bits per heavy atom. The standard InChI is InChI=1S/C20H18F3N5O2/c1-11(12-5-4-6-13(7-12)20(21,22)23)25-18-14-8-16(29-2)17(30-3)9-15(14)19-26-24-10-28(19)27-18/h4-11H,1-3H3,(H,25,27)/t11-/m1/s1. The molecule has 30 heavy (non-hydrogen) atoms. The molecule has 0 fully saturated rings. The van der Waals surface area contributed by atoms with Crippen molar-refractivity contribution in [1.29, 1.82) is 0 Å². The van der Waals surface area contributed by atoms with Crippen LogP contribution in [-0.2, 0) is 6.18 Å². The fourth-order valence-electron chi connectivity index (χ4n) is 3.28. The molecule has 1 atom stereocenters. The van der Waals surface area contributed by atoms with E-state index in [-0.39, 0.29) is 0 Å². The number of aromatic nitrogens is 4. The van der Waals surface area contributed by atoms with Crippen LogP contribution >= 0.6 is 0 Å². The molecule has 10 heteroatoms. The maximum atomic E-state index is 13.1. The van der Waals surface area contributed by atoms with Crippen LogP contribution in [0.3, 0.4) is 0 Å². The number of hydrogen-bond donors (Lipinski definition) is 1. The van der Waals surface area contributed by atoms with Gasteiger partial charge in [0.25, 0.3) is 0 Å². The molecule has 4 aromatic rings. The number of anilines is 1. The molecule has 2 heterocycles. The molecular weight excluding hydrogens is 399 g/mol. The predicted molar refractivity (Wildman–Crippen MR) is 105 cm³/mol. The van der Waals surface area contributed by atoms with Crippen LogP contribution in [0.15, 0.2) is 42.7 Å². The van der Waals surface area contributed by atoms with Crippen LogP contribution in [0.1, 0.15) is 24.1 Å². The number of rotatable bonds is 5. The van der Waals surface area contributed by atoms with Gasteiger partial charge >= 0.3 is 6.18 Å². The molecule has 2 aromatic heterocycles. The van der Waals surface area contributed by atoms with E-state index < -0.39 is 17.8 Å². The molecule has 0 saturated carbocycles. The van der Waals surface area contributed by atoms with Gasteiger partial charge in [-0.05, 0) is 36.8 Å². The van der Waals surface area contributed by atoms with Crippen molar-refractivity contribution in [1.82, 2.24) is 19.8 Å². The van der Waals surface area contributed by atoms with Crippen molar-refractivity contribution in [2.45, 2.75) is 19.1 Å². The quantitative estimate of drug-likeness (QED) is 0.516. The number of benzene rings is 2. The monoisotopic (exact) mass is 417 g/mol.